The van der Waals surface area contributed by atoms with Gasteiger partial charge in [0, 0.05) is 11.6 Å². The molecule has 0 unspecified atom stereocenters. The van der Waals surface area contributed by atoms with Crippen molar-refractivity contribution in [2.75, 3.05) is 24.1 Å². The number of hydrogen-bond donors (Lipinski definition) is 3. The van der Waals surface area contributed by atoms with Crippen molar-refractivity contribution in [3.63, 3.8) is 0 Å². The number of carbonyl (C=O) groups is 1. The maximum Gasteiger partial charge on any atom is 0.239 e. The fourth-order valence-corrected chi connectivity index (χ4v) is 1.31. The highest BCUT2D eigenvalue weighted by atomic mass is 35.5. The zero-order valence-corrected chi connectivity index (χ0v) is 9.27. The second kappa shape index (κ2) is 5.46. The Labute approximate surface area is 93.8 Å². The van der Waals surface area contributed by atoms with E-state index < -0.39 is 0 Å². The Balaban J connectivity index is 2.54. The van der Waals surface area contributed by atoms with E-state index in [2.05, 4.69) is 10.6 Å². The number of likely N-dealkylation sites (N-methyl/N-ethyl adjacent to an activating group) is 1. The lowest BCUT2D eigenvalue weighted by atomic mass is 10.2. The van der Waals surface area contributed by atoms with Gasteiger partial charge in [-0.1, -0.05) is 11.6 Å². The second-order valence-corrected chi connectivity index (χ2v) is 3.48. The Morgan fingerprint density at radius 2 is 2.27 bits per heavy atom. The molecule has 0 saturated carbocycles. The van der Waals surface area contributed by atoms with Gasteiger partial charge in [-0.05, 0) is 25.1 Å². The number of anilines is 2. The number of carbonyl (C=O) groups excluding carboxylic acids is 1. The molecule has 0 aliphatic carbocycles. The van der Waals surface area contributed by atoms with E-state index in [9.17, 15) is 4.79 Å². The van der Waals surface area contributed by atoms with Crippen molar-refractivity contribution in [2.24, 2.45) is 0 Å². The smallest absolute Gasteiger partial charge is 0.239 e. The van der Waals surface area contributed by atoms with Gasteiger partial charge in [0.2, 0.25) is 5.91 Å². The molecular formula is C10H14ClN3O. The minimum absolute atomic E-state index is 0.0631. The molecule has 4 N–H and O–H groups in total. The predicted octanol–water partition coefficient (Wildman–Crippen LogP) is 1.47. The normalized spacial score (nSPS) is 9.73. The van der Waals surface area contributed by atoms with E-state index >= 15 is 0 Å². The first-order valence-electron chi connectivity index (χ1n) is 4.69. The van der Waals surface area contributed by atoms with Crippen LogP contribution < -0.4 is 16.4 Å². The summed E-state index contributed by atoms with van der Waals surface area (Å²) in [5.41, 5.74) is 6.95. The van der Waals surface area contributed by atoms with E-state index in [4.69, 9.17) is 17.3 Å². The van der Waals surface area contributed by atoms with Crippen molar-refractivity contribution in [3.8, 4) is 0 Å². The van der Waals surface area contributed by atoms with E-state index in [0.29, 0.717) is 22.9 Å². The maximum atomic E-state index is 11.2. The quantitative estimate of drug-likeness (QED) is 0.683. The van der Waals surface area contributed by atoms with Gasteiger partial charge in [0.05, 0.1) is 17.9 Å². The van der Waals surface area contributed by atoms with E-state index in [-0.39, 0.29) is 12.5 Å². The van der Waals surface area contributed by atoms with E-state index in [0.717, 1.165) is 0 Å². The summed E-state index contributed by atoms with van der Waals surface area (Å²) in [6, 6.07) is 5.11. The zero-order chi connectivity index (χ0) is 11.3. The van der Waals surface area contributed by atoms with Gasteiger partial charge in [0.1, 0.15) is 0 Å². The monoisotopic (exact) mass is 227 g/mol. The first-order chi connectivity index (χ1) is 7.13. The van der Waals surface area contributed by atoms with Crippen molar-refractivity contribution in [1.82, 2.24) is 5.32 Å². The molecule has 1 aromatic rings. The minimum Gasteiger partial charge on any atom is -0.397 e. The molecule has 0 fully saturated rings. The summed E-state index contributed by atoms with van der Waals surface area (Å²) in [7, 11) is 0. The van der Waals surface area contributed by atoms with Crippen LogP contribution in [0.5, 0.6) is 0 Å². The Morgan fingerprint density at radius 3 is 2.87 bits per heavy atom. The van der Waals surface area contributed by atoms with Gasteiger partial charge in [-0.2, -0.15) is 0 Å². The summed E-state index contributed by atoms with van der Waals surface area (Å²) in [5.74, 6) is -0.0631. The molecule has 15 heavy (non-hydrogen) atoms. The number of benzene rings is 1. The Kier molecular flexibility index (Phi) is 4.24. The summed E-state index contributed by atoms with van der Waals surface area (Å²) < 4.78 is 0. The van der Waals surface area contributed by atoms with Crippen LogP contribution in [0.4, 0.5) is 11.4 Å². The topological polar surface area (TPSA) is 67.2 Å². The van der Waals surface area contributed by atoms with Crippen LogP contribution in [0.2, 0.25) is 5.02 Å². The lowest BCUT2D eigenvalue weighted by molar-refractivity contribution is -0.119. The van der Waals surface area contributed by atoms with Crippen LogP contribution in [-0.2, 0) is 4.79 Å². The van der Waals surface area contributed by atoms with E-state index in [1.807, 2.05) is 6.92 Å². The maximum absolute atomic E-state index is 11.2. The van der Waals surface area contributed by atoms with Crippen LogP contribution in [0.25, 0.3) is 0 Å². The molecule has 0 saturated heterocycles. The van der Waals surface area contributed by atoms with Gasteiger partial charge in [-0.25, -0.2) is 0 Å². The molecule has 5 heteroatoms. The highest BCUT2D eigenvalue weighted by molar-refractivity contribution is 6.31. The van der Waals surface area contributed by atoms with Gasteiger partial charge in [-0.15, -0.1) is 0 Å². The molecule has 4 nitrogen and oxygen atoms in total. The number of hydrogen-bond acceptors (Lipinski definition) is 3. The molecule has 0 spiro atoms. The van der Waals surface area contributed by atoms with Crippen LogP contribution >= 0.6 is 11.6 Å². The third kappa shape index (κ3) is 3.67. The van der Waals surface area contributed by atoms with Crippen LogP contribution in [0.3, 0.4) is 0 Å². The van der Waals surface area contributed by atoms with Crippen LogP contribution in [0.15, 0.2) is 18.2 Å². The minimum atomic E-state index is -0.0631. The Bertz CT molecular complexity index is 355. The Hall–Kier alpha value is -1.42. The van der Waals surface area contributed by atoms with Crippen molar-refractivity contribution in [1.29, 1.82) is 0 Å². The molecule has 1 rings (SSSR count). The number of nitrogens with two attached hydrogens (primary N) is 1. The molecule has 1 aromatic carbocycles. The van der Waals surface area contributed by atoms with Gasteiger partial charge in [0.15, 0.2) is 0 Å². The molecule has 0 aromatic heterocycles. The molecule has 1 amide bonds. The predicted molar refractivity (Wildman–Crippen MR) is 63.0 cm³/mol. The standard InChI is InChI=1S/C10H14ClN3O/c1-2-13-10(15)6-14-9-4-3-7(11)5-8(9)12/h3-5,14H,2,6,12H2,1H3,(H,13,15). The number of halogens is 1. The molecular weight excluding hydrogens is 214 g/mol. The highest BCUT2D eigenvalue weighted by Gasteiger charge is 2.02. The van der Waals surface area contributed by atoms with Crippen molar-refractivity contribution in [3.05, 3.63) is 23.2 Å². The molecule has 0 atom stereocenters. The summed E-state index contributed by atoms with van der Waals surface area (Å²) in [4.78, 5) is 11.2. The van der Waals surface area contributed by atoms with Crippen LogP contribution in [0.1, 0.15) is 6.92 Å². The van der Waals surface area contributed by atoms with E-state index in [1.54, 1.807) is 18.2 Å². The van der Waals surface area contributed by atoms with Gasteiger partial charge >= 0.3 is 0 Å². The first kappa shape index (κ1) is 11.7. The average Bonchev–Trinajstić information content (AvgIpc) is 2.17. The summed E-state index contributed by atoms with van der Waals surface area (Å²) in [6.07, 6.45) is 0. The Morgan fingerprint density at radius 1 is 1.53 bits per heavy atom. The molecule has 0 aliphatic rings. The van der Waals surface area contributed by atoms with Crippen molar-refractivity contribution in [2.45, 2.75) is 6.92 Å². The largest absolute Gasteiger partial charge is 0.397 e. The number of nitrogen functional groups attached to an aromatic ring is 1. The van der Waals surface area contributed by atoms with Gasteiger partial charge < -0.3 is 16.4 Å². The average molecular weight is 228 g/mol. The van der Waals surface area contributed by atoms with Crippen molar-refractivity contribution >= 4 is 28.9 Å². The van der Waals surface area contributed by atoms with Gasteiger partial charge in [0.25, 0.3) is 0 Å². The molecule has 0 heterocycles. The fraction of sp³-hybridized carbons (Fsp3) is 0.300. The van der Waals surface area contributed by atoms with E-state index in [1.165, 1.54) is 0 Å². The second-order valence-electron chi connectivity index (χ2n) is 3.04. The molecule has 0 aliphatic heterocycles. The lowest BCUT2D eigenvalue weighted by Gasteiger charge is -2.09. The van der Waals surface area contributed by atoms with Crippen LogP contribution in [0, 0.1) is 0 Å². The van der Waals surface area contributed by atoms with Crippen molar-refractivity contribution < 1.29 is 4.79 Å². The van der Waals surface area contributed by atoms with Gasteiger partial charge in [-0.3, -0.25) is 4.79 Å². The highest BCUT2D eigenvalue weighted by Crippen LogP contribution is 2.22. The number of rotatable bonds is 4. The lowest BCUT2D eigenvalue weighted by Crippen LogP contribution is -2.29. The number of amides is 1. The summed E-state index contributed by atoms with van der Waals surface area (Å²) in [5, 5.41) is 6.19. The third-order valence-electron chi connectivity index (χ3n) is 1.83. The zero-order valence-electron chi connectivity index (χ0n) is 8.51. The summed E-state index contributed by atoms with van der Waals surface area (Å²) >= 11 is 5.74. The van der Waals surface area contributed by atoms with Crippen LogP contribution in [-0.4, -0.2) is 19.0 Å². The third-order valence-corrected chi connectivity index (χ3v) is 2.06. The SMILES string of the molecule is CCNC(=O)CNc1ccc(Cl)cc1N. The molecule has 0 radical (unpaired) electrons. The number of nitrogens with one attached hydrogen (secondary N) is 2. The summed E-state index contributed by atoms with van der Waals surface area (Å²) in [6.45, 7) is 2.70. The first-order valence-corrected chi connectivity index (χ1v) is 5.07. The fourth-order valence-electron chi connectivity index (χ4n) is 1.13. The molecule has 82 valence electrons. The molecule has 0 bridgehead atoms.